The summed E-state index contributed by atoms with van der Waals surface area (Å²) in [6.45, 7) is 7.80. The minimum absolute atomic E-state index is 0.00215. The van der Waals surface area contributed by atoms with Crippen molar-refractivity contribution < 1.29 is 14.4 Å². The first-order valence-electron chi connectivity index (χ1n) is 13.1. The summed E-state index contributed by atoms with van der Waals surface area (Å²) in [5.41, 5.74) is 0.284. The predicted octanol–water partition coefficient (Wildman–Crippen LogP) is 3.93. The molecule has 0 saturated carbocycles. The van der Waals surface area contributed by atoms with Gasteiger partial charge in [0.2, 0.25) is 11.8 Å². The van der Waals surface area contributed by atoms with E-state index in [0.29, 0.717) is 39.0 Å². The quantitative estimate of drug-likeness (QED) is 0.498. The minimum Gasteiger partial charge on any atom is -0.352 e. The molecule has 1 spiro atoms. The maximum Gasteiger partial charge on any atom is 0.250 e. The molecule has 1 aromatic rings. The van der Waals surface area contributed by atoms with Gasteiger partial charge in [0.25, 0.3) is 5.91 Å². The zero-order chi connectivity index (χ0) is 24.6. The molecule has 7 heteroatoms. The van der Waals surface area contributed by atoms with Crippen molar-refractivity contribution in [2.45, 2.75) is 90.1 Å². The van der Waals surface area contributed by atoms with Gasteiger partial charge in [-0.25, -0.2) is 0 Å². The Balaban J connectivity index is 1.67. The van der Waals surface area contributed by atoms with Gasteiger partial charge >= 0.3 is 0 Å². The summed E-state index contributed by atoms with van der Waals surface area (Å²) in [6.07, 6.45) is 8.27. The van der Waals surface area contributed by atoms with Gasteiger partial charge in [-0.2, -0.15) is 0 Å². The second-order valence-electron chi connectivity index (χ2n) is 9.86. The Morgan fingerprint density at radius 3 is 2.35 bits per heavy atom. The van der Waals surface area contributed by atoms with Crippen LogP contribution >= 0.6 is 0 Å². The lowest BCUT2D eigenvalue weighted by Crippen LogP contribution is -2.57. The zero-order valence-corrected chi connectivity index (χ0v) is 21.2. The molecule has 2 aliphatic rings. The highest BCUT2D eigenvalue weighted by Crippen LogP contribution is 2.39. The van der Waals surface area contributed by atoms with Crippen LogP contribution in [0, 0.1) is 0 Å². The maximum absolute atomic E-state index is 13.7. The Hall–Kier alpha value is -2.57. The molecule has 0 aliphatic carbocycles. The van der Waals surface area contributed by atoms with E-state index >= 15 is 0 Å². The van der Waals surface area contributed by atoms with Crippen LogP contribution in [0.15, 0.2) is 30.3 Å². The summed E-state index contributed by atoms with van der Waals surface area (Å²) in [7, 11) is 0. The molecule has 7 nitrogen and oxygen atoms in total. The van der Waals surface area contributed by atoms with Crippen molar-refractivity contribution >= 4 is 23.4 Å². The van der Waals surface area contributed by atoms with Gasteiger partial charge in [0, 0.05) is 31.2 Å². The van der Waals surface area contributed by atoms with Crippen molar-refractivity contribution in [3.8, 4) is 0 Å². The van der Waals surface area contributed by atoms with E-state index in [2.05, 4.69) is 17.1 Å². The standard InChI is InChI=1S/C27H42N4O3/c1-4-6-7-8-12-15-25(33)29-18-16-27(17-19-29)26(34)30(20-24(32)28-22(3)5-2)21-31(27)23-13-10-9-11-14-23/h9-11,13-14,22H,4-8,12,15-21H2,1-3H3,(H,28,32). The number of anilines is 1. The van der Waals surface area contributed by atoms with Crippen LogP contribution in [0.25, 0.3) is 0 Å². The van der Waals surface area contributed by atoms with Crippen molar-refractivity contribution in [1.29, 1.82) is 0 Å². The number of amides is 3. The first-order valence-corrected chi connectivity index (χ1v) is 13.1. The molecule has 2 fully saturated rings. The number of para-hydroxylation sites is 1. The SMILES string of the molecule is CCCCCCCC(=O)N1CCC2(CC1)C(=O)N(CC(=O)NC(C)CC)CN2c1ccccc1. The number of benzene rings is 1. The monoisotopic (exact) mass is 470 g/mol. The molecule has 2 aliphatic heterocycles. The molecule has 1 atom stereocenters. The third-order valence-corrected chi connectivity index (χ3v) is 7.37. The van der Waals surface area contributed by atoms with Crippen LogP contribution in [-0.2, 0) is 14.4 Å². The third kappa shape index (κ3) is 6.10. The molecule has 0 radical (unpaired) electrons. The average molecular weight is 471 g/mol. The van der Waals surface area contributed by atoms with Crippen molar-refractivity contribution in [1.82, 2.24) is 15.1 Å². The molecular formula is C27H42N4O3. The summed E-state index contributed by atoms with van der Waals surface area (Å²) < 4.78 is 0. The van der Waals surface area contributed by atoms with Gasteiger partial charge in [-0.3, -0.25) is 14.4 Å². The number of likely N-dealkylation sites (tertiary alicyclic amines) is 1. The smallest absolute Gasteiger partial charge is 0.250 e. The normalized spacial score (nSPS) is 18.4. The highest BCUT2D eigenvalue weighted by Gasteiger charge is 2.54. The van der Waals surface area contributed by atoms with Crippen LogP contribution < -0.4 is 10.2 Å². The lowest BCUT2D eigenvalue weighted by Gasteiger charge is -2.43. The van der Waals surface area contributed by atoms with Gasteiger partial charge in [0.05, 0.1) is 6.67 Å². The third-order valence-electron chi connectivity index (χ3n) is 7.37. The van der Waals surface area contributed by atoms with E-state index in [1.54, 1.807) is 4.90 Å². The minimum atomic E-state index is -0.699. The Morgan fingerprint density at radius 1 is 1.03 bits per heavy atom. The Labute approximate surface area is 204 Å². The van der Waals surface area contributed by atoms with Crippen LogP contribution in [0.1, 0.15) is 78.6 Å². The summed E-state index contributed by atoms with van der Waals surface area (Å²) >= 11 is 0. The average Bonchev–Trinajstić information content (AvgIpc) is 3.10. The van der Waals surface area contributed by atoms with Gasteiger partial charge in [-0.1, -0.05) is 57.7 Å². The van der Waals surface area contributed by atoms with Crippen LogP contribution in [0.2, 0.25) is 0 Å². The fourth-order valence-corrected chi connectivity index (χ4v) is 5.08. The largest absolute Gasteiger partial charge is 0.352 e. The van der Waals surface area contributed by atoms with Crippen molar-refractivity contribution in [2.24, 2.45) is 0 Å². The molecule has 1 unspecified atom stereocenters. The number of hydrogen-bond acceptors (Lipinski definition) is 4. The number of nitrogens with zero attached hydrogens (tertiary/aromatic N) is 3. The topological polar surface area (TPSA) is 73.0 Å². The number of carbonyl (C=O) groups is 3. The number of carbonyl (C=O) groups excluding carboxylic acids is 3. The highest BCUT2D eigenvalue weighted by atomic mass is 16.2. The van der Waals surface area contributed by atoms with Crippen LogP contribution in [0.5, 0.6) is 0 Å². The van der Waals surface area contributed by atoms with E-state index in [9.17, 15) is 14.4 Å². The van der Waals surface area contributed by atoms with E-state index in [1.165, 1.54) is 19.3 Å². The van der Waals surface area contributed by atoms with Crippen LogP contribution in [0.3, 0.4) is 0 Å². The number of hydrogen-bond donors (Lipinski definition) is 1. The Bertz CT molecular complexity index is 820. The molecule has 1 N–H and O–H groups in total. The van der Waals surface area contributed by atoms with Crippen molar-refractivity contribution in [3.05, 3.63) is 30.3 Å². The van der Waals surface area contributed by atoms with Gasteiger partial charge in [-0.15, -0.1) is 0 Å². The van der Waals surface area contributed by atoms with Gasteiger partial charge in [0.15, 0.2) is 0 Å². The van der Waals surface area contributed by atoms with Gasteiger partial charge in [-0.05, 0) is 44.7 Å². The van der Waals surface area contributed by atoms with Crippen LogP contribution in [-0.4, -0.2) is 65.4 Å². The molecule has 2 heterocycles. The Morgan fingerprint density at radius 2 is 1.71 bits per heavy atom. The molecule has 34 heavy (non-hydrogen) atoms. The van der Waals surface area contributed by atoms with Gasteiger partial charge in [0.1, 0.15) is 12.1 Å². The Kier molecular flexibility index (Phi) is 9.36. The highest BCUT2D eigenvalue weighted by molar-refractivity contribution is 5.96. The predicted molar refractivity (Wildman–Crippen MR) is 135 cm³/mol. The summed E-state index contributed by atoms with van der Waals surface area (Å²) in [5.74, 6) is 0.0820. The first-order chi connectivity index (χ1) is 16.4. The van der Waals surface area contributed by atoms with E-state index in [1.807, 2.05) is 49.1 Å². The number of rotatable bonds is 11. The molecule has 3 amide bonds. The lowest BCUT2D eigenvalue weighted by atomic mass is 9.85. The van der Waals surface area contributed by atoms with E-state index in [-0.39, 0.29) is 30.3 Å². The van der Waals surface area contributed by atoms with E-state index in [4.69, 9.17) is 0 Å². The van der Waals surface area contributed by atoms with Crippen molar-refractivity contribution in [2.75, 3.05) is 31.2 Å². The van der Waals surface area contributed by atoms with Gasteiger partial charge < -0.3 is 20.0 Å². The molecule has 0 aromatic heterocycles. The second-order valence-corrected chi connectivity index (χ2v) is 9.86. The maximum atomic E-state index is 13.7. The molecule has 2 saturated heterocycles. The summed E-state index contributed by atoms with van der Waals surface area (Å²) in [6, 6.07) is 10.0. The van der Waals surface area contributed by atoms with Crippen LogP contribution in [0.4, 0.5) is 5.69 Å². The van der Waals surface area contributed by atoms with E-state index in [0.717, 1.165) is 24.9 Å². The zero-order valence-electron chi connectivity index (χ0n) is 21.2. The number of unbranched alkanes of at least 4 members (excludes halogenated alkanes) is 4. The number of piperidine rings is 1. The molecule has 3 rings (SSSR count). The summed E-state index contributed by atoms with van der Waals surface area (Å²) in [5, 5.41) is 2.97. The fourth-order valence-electron chi connectivity index (χ4n) is 5.08. The first kappa shape index (κ1) is 26.0. The molecule has 188 valence electrons. The summed E-state index contributed by atoms with van der Waals surface area (Å²) in [4.78, 5) is 44.8. The van der Waals surface area contributed by atoms with Crippen molar-refractivity contribution in [3.63, 3.8) is 0 Å². The second kappa shape index (κ2) is 12.2. The number of nitrogens with one attached hydrogen (secondary N) is 1. The fraction of sp³-hybridized carbons (Fsp3) is 0.667. The lowest BCUT2D eigenvalue weighted by molar-refractivity contribution is -0.140. The molecular weight excluding hydrogens is 428 g/mol. The molecule has 1 aromatic carbocycles. The molecule has 0 bridgehead atoms. The van der Waals surface area contributed by atoms with E-state index < -0.39 is 5.54 Å².